The molecule has 4 aromatic rings. The largest absolute Gasteiger partial charge is 0.268 e. The van der Waals surface area contributed by atoms with Gasteiger partial charge in [-0.25, -0.2) is 13.8 Å². The van der Waals surface area contributed by atoms with Crippen molar-refractivity contribution in [3.05, 3.63) is 100 Å². The molecule has 5 heteroatoms. The number of benzene rings is 3. The molecule has 0 amide bonds. The Hall–Kier alpha value is -3.60. The predicted molar refractivity (Wildman–Crippen MR) is 103 cm³/mol. The van der Waals surface area contributed by atoms with Gasteiger partial charge in [0.15, 0.2) is 11.6 Å². The van der Waals surface area contributed by atoms with Gasteiger partial charge < -0.3 is 0 Å². The molecule has 0 aliphatic rings. The Balaban J connectivity index is 1.92. The number of nitrogens with zero attached hydrogens (tertiary/aromatic N) is 2. The van der Waals surface area contributed by atoms with Gasteiger partial charge >= 0.3 is 0 Å². The Morgan fingerprint density at radius 3 is 2.37 bits per heavy atom. The minimum atomic E-state index is -0.940. The van der Waals surface area contributed by atoms with Crippen LogP contribution < -0.4 is 5.56 Å². The Morgan fingerprint density at radius 1 is 0.852 bits per heavy atom. The Labute approximate surface area is 153 Å². The SMILES string of the molecule is O=c1c2ccccc2nc(-c2ccccc2)n1/C=C/c1ccc(F)c(F)c1. The number of hydrogen-bond donors (Lipinski definition) is 0. The standard InChI is InChI=1S/C22H14F2N2O/c23-18-11-10-15(14-19(18)24)12-13-26-21(16-6-2-1-3-7-16)25-20-9-5-4-8-17(20)22(26)27/h1-14H/b13-12+. The van der Waals surface area contributed by atoms with Crippen LogP contribution in [0.5, 0.6) is 0 Å². The first kappa shape index (κ1) is 16.8. The average molecular weight is 360 g/mol. The number of rotatable bonds is 3. The number of fused-ring (bicyclic) bond motifs is 1. The summed E-state index contributed by atoms with van der Waals surface area (Å²) in [5.74, 6) is -1.38. The zero-order chi connectivity index (χ0) is 18.8. The third kappa shape index (κ3) is 3.27. The highest BCUT2D eigenvalue weighted by atomic mass is 19.2. The monoisotopic (exact) mass is 360 g/mol. The van der Waals surface area contributed by atoms with E-state index in [4.69, 9.17) is 0 Å². The summed E-state index contributed by atoms with van der Waals surface area (Å²) in [6.45, 7) is 0. The number of hydrogen-bond acceptors (Lipinski definition) is 2. The van der Waals surface area contributed by atoms with Gasteiger partial charge in [-0.3, -0.25) is 9.36 Å². The normalized spacial score (nSPS) is 11.3. The predicted octanol–water partition coefficient (Wildman–Crippen LogP) is 4.97. The molecular formula is C22H14F2N2O. The molecule has 0 atom stereocenters. The zero-order valence-corrected chi connectivity index (χ0v) is 14.1. The Kier molecular flexibility index (Phi) is 4.34. The van der Waals surface area contributed by atoms with E-state index in [-0.39, 0.29) is 5.56 Å². The van der Waals surface area contributed by atoms with Crippen LogP contribution in [0, 0.1) is 11.6 Å². The van der Waals surface area contributed by atoms with Crippen LogP contribution >= 0.6 is 0 Å². The highest BCUT2D eigenvalue weighted by Gasteiger charge is 2.11. The Morgan fingerprint density at radius 2 is 1.59 bits per heavy atom. The van der Waals surface area contributed by atoms with Gasteiger partial charge in [0.05, 0.1) is 10.9 Å². The minimum Gasteiger partial charge on any atom is -0.268 e. The van der Waals surface area contributed by atoms with Crippen LogP contribution in [0.1, 0.15) is 5.56 Å². The first-order chi connectivity index (χ1) is 13.1. The van der Waals surface area contributed by atoms with Gasteiger partial charge in [0.1, 0.15) is 5.82 Å². The Bertz CT molecular complexity index is 1210. The molecule has 3 aromatic carbocycles. The molecule has 3 nitrogen and oxygen atoms in total. The lowest BCUT2D eigenvalue weighted by molar-refractivity contribution is 0.508. The summed E-state index contributed by atoms with van der Waals surface area (Å²) in [5, 5.41) is 0.479. The smallest absolute Gasteiger partial charge is 0.265 e. The number of aromatic nitrogens is 2. The summed E-state index contributed by atoms with van der Waals surface area (Å²) in [4.78, 5) is 17.6. The van der Waals surface area contributed by atoms with Crippen LogP contribution in [-0.4, -0.2) is 9.55 Å². The lowest BCUT2D eigenvalue weighted by atomic mass is 10.1. The van der Waals surface area contributed by atoms with Crippen LogP contribution in [0.3, 0.4) is 0 Å². The summed E-state index contributed by atoms with van der Waals surface area (Å²) in [6.07, 6.45) is 3.07. The molecule has 0 spiro atoms. The first-order valence-corrected chi connectivity index (χ1v) is 8.33. The van der Waals surface area contributed by atoms with Crippen molar-refractivity contribution < 1.29 is 8.78 Å². The molecule has 4 rings (SSSR count). The second-order valence-electron chi connectivity index (χ2n) is 5.98. The molecule has 0 aliphatic heterocycles. The molecule has 0 radical (unpaired) electrons. The maximum Gasteiger partial charge on any atom is 0.265 e. The molecule has 27 heavy (non-hydrogen) atoms. The van der Waals surface area contributed by atoms with Gasteiger partial charge in [0.25, 0.3) is 5.56 Å². The van der Waals surface area contributed by atoms with E-state index in [1.807, 2.05) is 36.4 Å². The summed E-state index contributed by atoms with van der Waals surface area (Å²) in [7, 11) is 0. The van der Waals surface area contributed by atoms with E-state index in [2.05, 4.69) is 4.98 Å². The van der Waals surface area contributed by atoms with Crippen molar-refractivity contribution in [3.63, 3.8) is 0 Å². The fourth-order valence-electron chi connectivity index (χ4n) is 2.85. The minimum absolute atomic E-state index is 0.238. The van der Waals surface area contributed by atoms with Crippen molar-refractivity contribution in [2.45, 2.75) is 0 Å². The van der Waals surface area contributed by atoms with Crippen molar-refractivity contribution in [2.75, 3.05) is 0 Å². The molecular weight excluding hydrogens is 346 g/mol. The molecule has 1 heterocycles. The molecule has 132 valence electrons. The maximum atomic E-state index is 13.4. The molecule has 0 unspecified atom stereocenters. The first-order valence-electron chi connectivity index (χ1n) is 8.33. The number of para-hydroxylation sites is 1. The highest BCUT2D eigenvalue weighted by Crippen LogP contribution is 2.19. The van der Waals surface area contributed by atoms with Crippen molar-refractivity contribution in [1.29, 1.82) is 0 Å². The van der Waals surface area contributed by atoms with Gasteiger partial charge in [-0.1, -0.05) is 48.5 Å². The molecule has 0 fully saturated rings. The van der Waals surface area contributed by atoms with Gasteiger partial charge in [-0.2, -0.15) is 0 Å². The van der Waals surface area contributed by atoms with Crippen molar-refractivity contribution in [2.24, 2.45) is 0 Å². The number of halogens is 2. The average Bonchev–Trinajstić information content (AvgIpc) is 2.70. The van der Waals surface area contributed by atoms with E-state index in [0.717, 1.165) is 17.7 Å². The van der Waals surface area contributed by atoms with Crippen molar-refractivity contribution in [3.8, 4) is 11.4 Å². The topological polar surface area (TPSA) is 34.9 Å². The third-order valence-corrected chi connectivity index (χ3v) is 4.20. The van der Waals surface area contributed by atoms with Gasteiger partial charge in [-0.15, -0.1) is 0 Å². The van der Waals surface area contributed by atoms with Gasteiger partial charge in [-0.05, 0) is 35.9 Å². The third-order valence-electron chi connectivity index (χ3n) is 4.20. The van der Waals surface area contributed by atoms with Crippen LogP contribution in [-0.2, 0) is 0 Å². The molecule has 0 bridgehead atoms. The van der Waals surface area contributed by atoms with E-state index in [1.54, 1.807) is 24.3 Å². The van der Waals surface area contributed by atoms with Crippen LogP contribution in [0.2, 0.25) is 0 Å². The lowest BCUT2D eigenvalue weighted by Crippen LogP contribution is -2.19. The van der Waals surface area contributed by atoms with E-state index in [9.17, 15) is 13.6 Å². The summed E-state index contributed by atoms with van der Waals surface area (Å²) >= 11 is 0. The molecule has 0 saturated heterocycles. The van der Waals surface area contributed by atoms with E-state index in [1.165, 1.54) is 16.8 Å². The molecule has 1 aromatic heterocycles. The fraction of sp³-hybridized carbons (Fsp3) is 0. The van der Waals surface area contributed by atoms with E-state index >= 15 is 0 Å². The second-order valence-corrected chi connectivity index (χ2v) is 5.98. The molecule has 0 aliphatic carbocycles. The highest BCUT2D eigenvalue weighted by molar-refractivity contribution is 5.81. The second kappa shape index (κ2) is 6.96. The van der Waals surface area contributed by atoms with Crippen LogP contribution in [0.25, 0.3) is 34.6 Å². The van der Waals surface area contributed by atoms with E-state index < -0.39 is 11.6 Å². The van der Waals surface area contributed by atoms with Crippen LogP contribution in [0.4, 0.5) is 8.78 Å². The maximum absolute atomic E-state index is 13.4. The molecule has 0 N–H and O–H groups in total. The molecule has 0 saturated carbocycles. The van der Waals surface area contributed by atoms with Crippen molar-refractivity contribution >= 4 is 23.2 Å². The van der Waals surface area contributed by atoms with E-state index in [0.29, 0.717) is 22.3 Å². The summed E-state index contributed by atoms with van der Waals surface area (Å²) in [5.41, 5.74) is 1.57. The fourth-order valence-corrected chi connectivity index (χ4v) is 2.85. The van der Waals surface area contributed by atoms with Gasteiger partial charge in [0, 0.05) is 11.8 Å². The van der Waals surface area contributed by atoms with Crippen LogP contribution in [0.15, 0.2) is 77.6 Å². The summed E-state index contributed by atoms with van der Waals surface area (Å²) in [6, 6.07) is 20.0. The quantitative estimate of drug-likeness (QED) is 0.517. The summed E-state index contributed by atoms with van der Waals surface area (Å²) < 4.78 is 28.0. The van der Waals surface area contributed by atoms with Crippen molar-refractivity contribution in [1.82, 2.24) is 9.55 Å². The van der Waals surface area contributed by atoms with Gasteiger partial charge in [0.2, 0.25) is 0 Å². The lowest BCUT2D eigenvalue weighted by Gasteiger charge is -2.10. The zero-order valence-electron chi connectivity index (χ0n) is 14.1.